The molecule has 0 aliphatic heterocycles. The van der Waals surface area contributed by atoms with Crippen LogP contribution in [0, 0.1) is 0 Å². The van der Waals surface area contributed by atoms with Crippen molar-refractivity contribution in [2.24, 2.45) is 0 Å². The van der Waals surface area contributed by atoms with E-state index in [0.717, 1.165) is 18.4 Å². The summed E-state index contributed by atoms with van der Waals surface area (Å²) in [6.45, 7) is 0. The first kappa shape index (κ1) is 16.4. The molecular formula is C15H20ClNO3. The second kappa shape index (κ2) is 7.80. The molecule has 4 nitrogen and oxygen atoms in total. The molecule has 0 aromatic heterocycles. The van der Waals surface area contributed by atoms with E-state index in [4.69, 9.17) is 10.5 Å². The molecule has 0 atom stereocenters. The lowest BCUT2D eigenvalue weighted by atomic mass is 10.1. The first-order chi connectivity index (χ1) is 9.19. The first-order valence-electron chi connectivity index (χ1n) is 6.51. The van der Waals surface area contributed by atoms with Gasteiger partial charge in [0.15, 0.2) is 0 Å². The lowest BCUT2D eigenvalue weighted by Crippen LogP contribution is -2.12. The second-order valence-electron chi connectivity index (χ2n) is 4.68. The molecule has 5 heteroatoms. The van der Waals surface area contributed by atoms with Crippen LogP contribution in [0.5, 0.6) is 5.75 Å². The van der Waals surface area contributed by atoms with E-state index in [-0.39, 0.29) is 24.5 Å². The lowest BCUT2D eigenvalue weighted by molar-refractivity contribution is -0.134. The standard InChI is InChI=1S/C15H19NO3.ClH/c1-18-15(17)9-7-11-6-8-13(16)14(10-11)19-12-4-2-3-5-12;/h6-10,12H,2-5,16H2,1H3;1H/b9-7+;. The topological polar surface area (TPSA) is 61.5 Å². The van der Waals surface area contributed by atoms with Crippen LogP contribution in [0.15, 0.2) is 24.3 Å². The summed E-state index contributed by atoms with van der Waals surface area (Å²) in [6.07, 6.45) is 7.93. The summed E-state index contributed by atoms with van der Waals surface area (Å²) in [5.41, 5.74) is 7.40. The summed E-state index contributed by atoms with van der Waals surface area (Å²) in [5.74, 6) is 0.314. The zero-order chi connectivity index (χ0) is 13.7. The molecule has 1 saturated carbocycles. The smallest absolute Gasteiger partial charge is 0.330 e. The molecule has 1 aromatic carbocycles. The molecule has 0 saturated heterocycles. The lowest BCUT2D eigenvalue weighted by Gasteiger charge is -2.15. The average molecular weight is 298 g/mol. The SMILES string of the molecule is COC(=O)/C=C/c1ccc(N)c(OC2CCCC2)c1.Cl. The predicted octanol–water partition coefficient (Wildman–Crippen LogP) is 3.20. The third-order valence-electron chi connectivity index (χ3n) is 3.25. The minimum atomic E-state index is -0.380. The van der Waals surface area contributed by atoms with E-state index in [2.05, 4.69) is 4.74 Å². The summed E-state index contributed by atoms with van der Waals surface area (Å²) in [4.78, 5) is 11.1. The first-order valence-corrected chi connectivity index (χ1v) is 6.51. The molecule has 0 amide bonds. The fourth-order valence-corrected chi connectivity index (χ4v) is 2.17. The number of hydrogen-bond acceptors (Lipinski definition) is 4. The van der Waals surface area contributed by atoms with Crippen LogP contribution in [0.25, 0.3) is 6.08 Å². The van der Waals surface area contributed by atoms with E-state index in [1.54, 1.807) is 12.1 Å². The number of benzene rings is 1. The van der Waals surface area contributed by atoms with Gasteiger partial charge >= 0.3 is 5.97 Å². The van der Waals surface area contributed by atoms with Crippen molar-refractivity contribution in [1.82, 2.24) is 0 Å². The van der Waals surface area contributed by atoms with Gasteiger partial charge in [-0.1, -0.05) is 6.07 Å². The number of esters is 1. The van der Waals surface area contributed by atoms with Crippen LogP contribution in [-0.4, -0.2) is 19.2 Å². The quantitative estimate of drug-likeness (QED) is 0.527. The van der Waals surface area contributed by atoms with Crippen molar-refractivity contribution in [2.75, 3.05) is 12.8 Å². The van der Waals surface area contributed by atoms with Gasteiger partial charge in [0.2, 0.25) is 0 Å². The maximum Gasteiger partial charge on any atom is 0.330 e. The molecule has 2 rings (SSSR count). The maximum absolute atomic E-state index is 11.1. The van der Waals surface area contributed by atoms with Crippen LogP contribution in [0.3, 0.4) is 0 Å². The Labute approximate surface area is 125 Å². The molecule has 0 heterocycles. The van der Waals surface area contributed by atoms with Crippen LogP contribution in [0.2, 0.25) is 0 Å². The number of anilines is 1. The van der Waals surface area contributed by atoms with Gasteiger partial charge in [-0.2, -0.15) is 0 Å². The molecule has 1 fully saturated rings. The van der Waals surface area contributed by atoms with Crippen molar-refractivity contribution < 1.29 is 14.3 Å². The maximum atomic E-state index is 11.1. The minimum Gasteiger partial charge on any atom is -0.488 e. The van der Waals surface area contributed by atoms with Crippen molar-refractivity contribution >= 4 is 30.1 Å². The molecule has 1 aliphatic carbocycles. The van der Waals surface area contributed by atoms with E-state index in [0.29, 0.717) is 11.4 Å². The molecule has 0 radical (unpaired) electrons. The highest BCUT2D eigenvalue weighted by atomic mass is 35.5. The van der Waals surface area contributed by atoms with Gasteiger partial charge in [-0.25, -0.2) is 4.79 Å². The Hall–Kier alpha value is -1.68. The fourth-order valence-electron chi connectivity index (χ4n) is 2.17. The summed E-state index contributed by atoms with van der Waals surface area (Å²) in [6, 6.07) is 5.49. The number of nitrogens with two attached hydrogens (primary N) is 1. The van der Waals surface area contributed by atoms with Gasteiger partial charge in [0.25, 0.3) is 0 Å². The zero-order valence-electron chi connectivity index (χ0n) is 11.5. The Morgan fingerprint density at radius 3 is 2.70 bits per heavy atom. The molecule has 20 heavy (non-hydrogen) atoms. The Morgan fingerprint density at radius 2 is 2.05 bits per heavy atom. The molecular weight excluding hydrogens is 278 g/mol. The molecule has 0 bridgehead atoms. The van der Waals surface area contributed by atoms with Gasteiger partial charge in [0.1, 0.15) is 5.75 Å². The van der Waals surface area contributed by atoms with Crippen molar-refractivity contribution in [1.29, 1.82) is 0 Å². The van der Waals surface area contributed by atoms with Gasteiger partial charge in [-0.3, -0.25) is 0 Å². The Balaban J connectivity index is 0.00000200. The van der Waals surface area contributed by atoms with Crippen molar-refractivity contribution in [2.45, 2.75) is 31.8 Å². The number of nitrogen functional groups attached to an aromatic ring is 1. The van der Waals surface area contributed by atoms with E-state index >= 15 is 0 Å². The predicted molar refractivity (Wildman–Crippen MR) is 82.0 cm³/mol. The number of rotatable bonds is 4. The normalized spacial score (nSPS) is 15.1. The summed E-state index contributed by atoms with van der Waals surface area (Å²) < 4.78 is 10.5. The number of hydrogen-bond donors (Lipinski definition) is 1. The molecule has 1 aliphatic rings. The third-order valence-corrected chi connectivity index (χ3v) is 3.25. The number of ether oxygens (including phenoxy) is 2. The monoisotopic (exact) mass is 297 g/mol. The molecule has 0 unspecified atom stereocenters. The zero-order valence-corrected chi connectivity index (χ0v) is 12.3. The Bertz CT molecular complexity index is 482. The van der Waals surface area contributed by atoms with Crippen molar-refractivity contribution in [3.63, 3.8) is 0 Å². The number of carbonyl (C=O) groups excluding carboxylic acids is 1. The van der Waals surface area contributed by atoms with Gasteiger partial charge in [-0.15, -0.1) is 12.4 Å². The summed E-state index contributed by atoms with van der Waals surface area (Å²) in [7, 11) is 1.35. The molecule has 1 aromatic rings. The largest absolute Gasteiger partial charge is 0.488 e. The highest BCUT2D eigenvalue weighted by molar-refractivity contribution is 5.87. The van der Waals surface area contributed by atoms with Crippen LogP contribution in [0.4, 0.5) is 5.69 Å². The minimum absolute atomic E-state index is 0. The molecule has 2 N–H and O–H groups in total. The van der Waals surface area contributed by atoms with Gasteiger partial charge in [0, 0.05) is 6.08 Å². The van der Waals surface area contributed by atoms with Crippen LogP contribution < -0.4 is 10.5 Å². The Morgan fingerprint density at radius 1 is 1.35 bits per heavy atom. The van der Waals surface area contributed by atoms with Crippen LogP contribution in [0.1, 0.15) is 31.2 Å². The number of halogens is 1. The number of methoxy groups -OCH3 is 1. The number of carbonyl (C=O) groups is 1. The van der Waals surface area contributed by atoms with Crippen molar-refractivity contribution in [3.8, 4) is 5.75 Å². The van der Waals surface area contributed by atoms with Crippen LogP contribution in [-0.2, 0) is 9.53 Å². The van der Waals surface area contributed by atoms with E-state index in [1.165, 1.54) is 26.0 Å². The van der Waals surface area contributed by atoms with Gasteiger partial charge in [0.05, 0.1) is 18.9 Å². The Kier molecular flexibility index (Phi) is 6.39. The summed E-state index contributed by atoms with van der Waals surface area (Å²) >= 11 is 0. The third kappa shape index (κ3) is 4.46. The average Bonchev–Trinajstić information content (AvgIpc) is 2.92. The highest BCUT2D eigenvalue weighted by Gasteiger charge is 2.17. The van der Waals surface area contributed by atoms with Gasteiger partial charge < -0.3 is 15.2 Å². The fraction of sp³-hybridized carbons (Fsp3) is 0.400. The van der Waals surface area contributed by atoms with E-state index < -0.39 is 0 Å². The van der Waals surface area contributed by atoms with Crippen molar-refractivity contribution in [3.05, 3.63) is 29.8 Å². The summed E-state index contributed by atoms with van der Waals surface area (Å²) in [5, 5.41) is 0. The highest BCUT2D eigenvalue weighted by Crippen LogP contribution is 2.29. The van der Waals surface area contributed by atoms with Gasteiger partial charge in [-0.05, 0) is 49.5 Å². The van der Waals surface area contributed by atoms with E-state index in [9.17, 15) is 4.79 Å². The second-order valence-corrected chi connectivity index (χ2v) is 4.68. The molecule has 110 valence electrons. The van der Waals surface area contributed by atoms with Crippen LogP contribution >= 0.6 is 12.4 Å². The van der Waals surface area contributed by atoms with E-state index in [1.807, 2.05) is 12.1 Å². The molecule has 0 spiro atoms.